The Morgan fingerprint density at radius 1 is 0.875 bits per heavy atom. The molecule has 0 unspecified atom stereocenters. The van der Waals surface area contributed by atoms with E-state index in [1.165, 1.54) is 11.6 Å². The van der Waals surface area contributed by atoms with Gasteiger partial charge in [0.1, 0.15) is 10.1 Å². The van der Waals surface area contributed by atoms with E-state index in [2.05, 4.69) is 39.8 Å². The number of hydrogen-bond acceptors (Lipinski definition) is 3. The van der Waals surface area contributed by atoms with E-state index in [0.29, 0.717) is 11.5 Å². The number of rotatable bonds is 4. The van der Waals surface area contributed by atoms with Crippen LogP contribution in [0.4, 0.5) is 0 Å². The van der Waals surface area contributed by atoms with Crippen LogP contribution in [-0.4, -0.2) is 13.0 Å². The summed E-state index contributed by atoms with van der Waals surface area (Å²) in [5, 5.41) is 1.94. The number of hydrogen-bond donors (Lipinski definition) is 0. The van der Waals surface area contributed by atoms with Crippen LogP contribution in [0.15, 0.2) is 29.2 Å². The standard InChI is InChI=1S/C19H26O3S.Na/c1-11(2)15-9-14-7-8-17(23(20,21)22)18(13(5)6)19(14)16(10-15)12(3)4;/h7-13H,1-6H3,(H,20,21,22);/q;+1/p-1. The first-order valence-electron chi connectivity index (χ1n) is 8.10. The largest absolute Gasteiger partial charge is 1.00 e. The average molecular weight is 356 g/mol. The molecule has 2 rings (SSSR count). The molecule has 0 heterocycles. The van der Waals surface area contributed by atoms with Crippen LogP contribution in [0.3, 0.4) is 0 Å². The van der Waals surface area contributed by atoms with Crippen molar-refractivity contribution in [2.24, 2.45) is 0 Å². The fraction of sp³-hybridized carbons (Fsp3) is 0.474. The molecule has 24 heavy (non-hydrogen) atoms. The van der Waals surface area contributed by atoms with Gasteiger partial charge in [0.2, 0.25) is 0 Å². The second-order valence-electron chi connectivity index (χ2n) is 7.10. The summed E-state index contributed by atoms with van der Waals surface area (Å²) in [6.07, 6.45) is 0. The van der Waals surface area contributed by atoms with E-state index in [0.717, 1.165) is 16.3 Å². The minimum Gasteiger partial charge on any atom is -0.744 e. The summed E-state index contributed by atoms with van der Waals surface area (Å²) in [5.41, 5.74) is 2.99. The molecule has 2 aromatic carbocycles. The van der Waals surface area contributed by atoms with Gasteiger partial charge >= 0.3 is 29.6 Å². The second kappa shape index (κ2) is 7.88. The molecule has 0 saturated heterocycles. The summed E-state index contributed by atoms with van der Waals surface area (Å²) >= 11 is 0. The smallest absolute Gasteiger partial charge is 0.744 e. The maximum absolute atomic E-state index is 11.7. The normalized spacial score (nSPS) is 12.2. The molecule has 0 N–H and O–H groups in total. The molecule has 0 aliphatic heterocycles. The molecule has 5 heteroatoms. The van der Waals surface area contributed by atoms with E-state index in [1.54, 1.807) is 6.07 Å². The Balaban J connectivity index is 0.00000288. The van der Waals surface area contributed by atoms with Crippen LogP contribution < -0.4 is 29.6 Å². The van der Waals surface area contributed by atoms with Crippen molar-refractivity contribution in [3.8, 4) is 0 Å². The zero-order chi connectivity index (χ0) is 17.5. The molecule has 0 aliphatic rings. The van der Waals surface area contributed by atoms with Crippen molar-refractivity contribution >= 4 is 20.9 Å². The van der Waals surface area contributed by atoms with Crippen molar-refractivity contribution in [2.75, 3.05) is 0 Å². The first kappa shape index (κ1) is 21.7. The molecule has 3 nitrogen and oxygen atoms in total. The van der Waals surface area contributed by atoms with Gasteiger partial charge in [-0.05, 0) is 51.3 Å². The van der Waals surface area contributed by atoms with Gasteiger partial charge < -0.3 is 4.55 Å². The molecule has 0 atom stereocenters. The molecular weight excluding hydrogens is 331 g/mol. The minimum absolute atomic E-state index is 0. The fourth-order valence-corrected chi connectivity index (χ4v) is 3.95. The zero-order valence-corrected chi connectivity index (χ0v) is 18.5. The summed E-state index contributed by atoms with van der Waals surface area (Å²) in [6.45, 7) is 12.4. The molecular formula is C19H25NaO3S. The molecule has 0 bridgehead atoms. The van der Waals surface area contributed by atoms with Gasteiger partial charge in [0.05, 0.1) is 4.90 Å². The van der Waals surface area contributed by atoms with Gasteiger partial charge in [0.25, 0.3) is 0 Å². The van der Waals surface area contributed by atoms with E-state index in [1.807, 2.05) is 13.8 Å². The number of fused-ring (bicyclic) bond motifs is 1. The monoisotopic (exact) mass is 356 g/mol. The van der Waals surface area contributed by atoms with Gasteiger partial charge in [-0.3, -0.25) is 0 Å². The average Bonchev–Trinajstić information content (AvgIpc) is 2.43. The topological polar surface area (TPSA) is 57.2 Å². The van der Waals surface area contributed by atoms with Crippen LogP contribution in [0.5, 0.6) is 0 Å². The van der Waals surface area contributed by atoms with Gasteiger partial charge in [-0.25, -0.2) is 8.42 Å². The quantitative estimate of drug-likeness (QED) is 0.623. The fourth-order valence-electron chi connectivity index (χ4n) is 3.11. The zero-order valence-electron chi connectivity index (χ0n) is 15.7. The van der Waals surface area contributed by atoms with E-state index in [9.17, 15) is 13.0 Å². The molecule has 0 radical (unpaired) electrons. The van der Waals surface area contributed by atoms with Crippen molar-refractivity contribution in [2.45, 2.75) is 64.2 Å². The Labute approximate surface area is 167 Å². The minimum atomic E-state index is -4.49. The van der Waals surface area contributed by atoms with E-state index >= 15 is 0 Å². The van der Waals surface area contributed by atoms with Crippen LogP contribution in [0.1, 0.15) is 76.0 Å². The predicted molar refractivity (Wildman–Crippen MR) is 94.2 cm³/mol. The molecule has 0 saturated carbocycles. The molecule has 126 valence electrons. The van der Waals surface area contributed by atoms with Crippen molar-refractivity contribution in [1.29, 1.82) is 0 Å². The molecule has 0 aliphatic carbocycles. The Hall–Kier alpha value is -0.390. The maximum Gasteiger partial charge on any atom is 1.00 e. The predicted octanol–water partition coefficient (Wildman–Crippen LogP) is 2.12. The summed E-state index contributed by atoms with van der Waals surface area (Å²) in [4.78, 5) is -0.0841. The second-order valence-corrected chi connectivity index (χ2v) is 8.45. The number of benzene rings is 2. The SMILES string of the molecule is CC(C)c1cc(C(C)C)c2c(C(C)C)c(S(=O)(=O)[O-])ccc2c1.[Na+]. The van der Waals surface area contributed by atoms with Gasteiger partial charge in [-0.1, -0.05) is 59.7 Å². The van der Waals surface area contributed by atoms with E-state index in [4.69, 9.17) is 0 Å². The van der Waals surface area contributed by atoms with Gasteiger partial charge in [-0.15, -0.1) is 0 Å². The van der Waals surface area contributed by atoms with E-state index in [-0.39, 0.29) is 46.3 Å². The molecule has 2 aromatic rings. The van der Waals surface area contributed by atoms with Crippen LogP contribution in [-0.2, 0) is 10.1 Å². The summed E-state index contributed by atoms with van der Waals surface area (Å²) < 4.78 is 35.1. The van der Waals surface area contributed by atoms with Gasteiger partial charge in [0, 0.05) is 0 Å². The van der Waals surface area contributed by atoms with Crippen LogP contribution in [0.2, 0.25) is 0 Å². The first-order chi connectivity index (χ1) is 10.5. The molecule has 0 amide bonds. The Bertz CT molecular complexity index is 837. The molecule has 0 aromatic heterocycles. The Morgan fingerprint density at radius 3 is 1.88 bits per heavy atom. The van der Waals surface area contributed by atoms with Gasteiger partial charge in [0.15, 0.2) is 0 Å². The summed E-state index contributed by atoms with van der Waals surface area (Å²) in [7, 11) is -4.49. The Kier molecular flexibility index (Phi) is 7.11. The van der Waals surface area contributed by atoms with Gasteiger partial charge in [-0.2, -0.15) is 0 Å². The molecule has 0 spiro atoms. The third kappa shape index (κ3) is 4.23. The van der Waals surface area contributed by atoms with Crippen LogP contribution in [0.25, 0.3) is 10.8 Å². The summed E-state index contributed by atoms with van der Waals surface area (Å²) in [5.74, 6) is 0.598. The Morgan fingerprint density at radius 2 is 1.46 bits per heavy atom. The van der Waals surface area contributed by atoms with Crippen LogP contribution in [0, 0.1) is 0 Å². The van der Waals surface area contributed by atoms with Crippen molar-refractivity contribution < 1.29 is 42.5 Å². The van der Waals surface area contributed by atoms with Crippen molar-refractivity contribution in [1.82, 2.24) is 0 Å². The third-order valence-electron chi connectivity index (χ3n) is 4.31. The first-order valence-corrected chi connectivity index (χ1v) is 9.51. The summed E-state index contributed by atoms with van der Waals surface area (Å²) in [6, 6.07) is 7.50. The van der Waals surface area contributed by atoms with Crippen LogP contribution >= 0.6 is 0 Å². The molecule has 0 fully saturated rings. The van der Waals surface area contributed by atoms with Crippen molar-refractivity contribution in [3.05, 3.63) is 41.0 Å². The van der Waals surface area contributed by atoms with Crippen molar-refractivity contribution in [3.63, 3.8) is 0 Å². The maximum atomic E-state index is 11.7. The van der Waals surface area contributed by atoms with E-state index < -0.39 is 10.1 Å². The third-order valence-corrected chi connectivity index (χ3v) is 5.20.